The summed E-state index contributed by atoms with van der Waals surface area (Å²) in [4.78, 5) is 28.1. The van der Waals surface area contributed by atoms with Crippen LogP contribution in [0.15, 0.2) is 24.7 Å². The standard InChI is InChI=1S/C20H27ClN6O/c1-24-8-5-22-18(24)15-25-9-11-26(12-10-25)19-17(21)13-16(14-23-19)20(28)27-6-3-2-4-7-27/h5,8,13-14H,2-4,6-7,9-12,15H2,1H3. The first kappa shape index (κ1) is 19.2. The number of aryl methyl sites for hydroxylation is 1. The highest BCUT2D eigenvalue weighted by Gasteiger charge is 2.23. The van der Waals surface area contributed by atoms with E-state index < -0.39 is 0 Å². The summed E-state index contributed by atoms with van der Waals surface area (Å²) in [7, 11) is 2.02. The highest BCUT2D eigenvalue weighted by atomic mass is 35.5. The van der Waals surface area contributed by atoms with Crippen LogP contribution in [0.2, 0.25) is 5.02 Å². The molecule has 0 spiro atoms. The van der Waals surface area contributed by atoms with Crippen LogP contribution < -0.4 is 4.90 Å². The Morgan fingerprint density at radius 2 is 1.82 bits per heavy atom. The number of likely N-dealkylation sites (tertiary alicyclic amines) is 1. The second-order valence-electron chi connectivity index (χ2n) is 7.60. The highest BCUT2D eigenvalue weighted by Crippen LogP contribution is 2.26. The van der Waals surface area contributed by atoms with Crippen molar-refractivity contribution in [2.45, 2.75) is 25.8 Å². The third-order valence-corrected chi connectivity index (χ3v) is 5.95. The molecule has 4 heterocycles. The number of pyridine rings is 1. The van der Waals surface area contributed by atoms with Crippen molar-refractivity contribution in [1.29, 1.82) is 0 Å². The molecule has 0 bridgehead atoms. The van der Waals surface area contributed by atoms with Gasteiger partial charge in [-0.3, -0.25) is 9.69 Å². The lowest BCUT2D eigenvalue weighted by Gasteiger charge is -2.35. The summed E-state index contributed by atoms with van der Waals surface area (Å²) in [6.07, 6.45) is 8.84. The number of carbonyl (C=O) groups excluding carboxylic acids is 1. The smallest absolute Gasteiger partial charge is 0.255 e. The van der Waals surface area contributed by atoms with Gasteiger partial charge in [0, 0.05) is 64.9 Å². The average Bonchev–Trinajstić information content (AvgIpc) is 3.13. The van der Waals surface area contributed by atoms with Crippen LogP contribution in [-0.2, 0) is 13.6 Å². The van der Waals surface area contributed by atoms with Gasteiger partial charge in [0.2, 0.25) is 0 Å². The highest BCUT2D eigenvalue weighted by molar-refractivity contribution is 6.33. The monoisotopic (exact) mass is 402 g/mol. The molecule has 1 amide bonds. The van der Waals surface area contributed by atoms with E-state index in [0.29, 0.717) is 10.6 Å². The van der Waals surface area contributed by atoms with Gasteiger partial charge in [-0.25, -0.2) is 9.97 Å². The molecule has 4 rings (SSSR count). The Balaban J connectivity index is 1.37. The quantitative estimate of drug-likeness (QED) is 0.786. The number of anilines is 1. The number of carbonyl (C=O) groups is 1. The molecule has 150 valence electrons. The lowest BCUT2D eigenvalue weighted by Crippen LogP contribution is -2.46. The fourth-order valence-electron chi connectivity index (χ4n) is 3.93. The van der Waals surface area contributed by atoms with Crippen LogP contribution in [-0.4, -0.2) is 69.5 Å². The molecule has 7 nitrogen and oxygen atoms in total. The van der Waals surface area contributed by atoms with E-state index in [1.54, 1.807) is 12.3 Å². The average molecular weight is 403 g/mol. The van der Waals surface area contributed by atoms with Crippen LogP contribution in [0.3, 0.4) is 0 Å². The minimum absolute atomic E-state index is 0.0422. The topological polar surface area (TPSA) is 57.5 Å². The summed E-state index contributed by atoms with van der Waals surface area (Å²) in [6.45, 7) is 6.08. The number of piperazine rings is 1. The first-order chi connectivity index (χ1) is 13.6. The lowest BCUT2D eigenvalue weighted by atomic mass is 10.1. The first-order valence-electron chi connectivity index (χ1n) is 10.00. The zero-order valence-electron chi connectivity index (χ0n) is 16.3. The fraction of sp³-hybridized carbons (Fsp3) is 0.550. The number of imidazole rings is 1. The van der Waals surface area contributed by atoms with Crippen molar-refractivity contribution >= 4 is 23.3 Å². The third-order valence-electron chi connectivity index (χ3n) is 5.67. The van der Waals surface area contributed by atoms with Crippen LogP contribution >= 0.6 is 11.6 Å². The van der Waals surface area contributed by atoms with E-state index in [4.69, 9.17) is 11.6 Å². The zero-order chi connectivity index (χ0) is 19.5. The molecule has 2 aromatic rings. The van der Waals surface area contributed by atoms with E-state index in [1.807, 2.05) is 24.3 Å². The SMILES string of the molecule is Cn1ccnc1CN1CCN(c2ncc(C(=O)N3CCCCC3)cc2Cl)CC1. The molecular weight excluding hydrogens is 376 g/mol. The molecule has 8 heteroatoms. The zero-order valence-corrected chi connectivity index (χ0v) is 17.1. The third kappa shape index (κ3) is 4.15. The van der Waals surface area contributed by atoms with E-state index in [1.165, 1.54) is 6.42 Å². The van der Waals surface area contributed by atoms with E-state index >= 15 is 0 Å². The van der Waals surface area contributed by atoms with E-state index in [-0.39, 0.29) is 5.91 Å². The number of amides is 1. The fourth-order valence-corrected chi connectivity index (χ4v) is 4.21. The Morgan fingerprint density at radius 1 is 1.07 bits per heavy atom. The van der Waals surface area contributed by atoms with Crippen LogP contribution in [0.25, 0.3) is 0 Å². The van der Waals surface area contributed by atoms with Crippen LogP contribution in [0, 0.1) is 0 Å². The summed E-state index contributed by atoms with van der Waals surface area (Å²) in [6, 6.07) is 1.78. The van der Waals surface area contributed by atoms with E-state index in [9.17, 15) is 4.79 Å². The Bertz CT molecular complexity index is 824. The Morgan fingerprint density at radius 3 is 2.46 bits per heavy atom. The number of rotatable bonds is 4. The molecule has 2 aliphatic heterocycles. The van der Waals surface area contributed by atoms with Crippen molar-refractivity contribution in [3.8, 4) is 0 Å². The lowest BCUT2D eigenvalue weighted by molar-refractivity contribution is 0.0724. The van der Waals surface area contributed by atoms with Gasteiger partial charge in [0.1, 0.15) is 11.6 Å². The molecule has 2 saturated heterocycles. The van der Waals surface area contributed by atoms with Gasteiger partial charge in [-0.15, -0.1) is 0 Å². The normalized spacial score (nSPS) is 18.5. The maximum Gasteiger partial charge on any atom is 0.255 e. The number of hydrogen-bond donors (Lipinski definition) is 0. The molecule has 0 aromatic carbocycles. The molecular formula is C20H27ClN6O. The predicted molar refractivity (Wildman–Crippen MR) is 110 cm³/mol. The van der Waals surface area contributed by atoms with Crippen LogP contribution in [0.1, 0.15) is 35.4 Å². The second kappa shape index (κ2) is 8.49. The van der Waals surface area contributed by atoms with Gasteiger partial charge in [-0.1, -0.05) is 11.6 Å². The predicted octanol–water partition coefficient (Wildman–Crippen LogP) is 2.42. The molecule has 2 aliphatic rings. The minimum atomic E-state index is 0.0422. The van der Waals surface area contributed by atoms with Gasteiger partial charge in [-0.2, -0.15) is 0 Å². The molecule has 0 unspecified atom stereocenters. The second-order valence-corrected chi connectivity index (χ2v) is 8.01. The minimum Gasteiger partial charge on any atom is -0.353 e. The Kier molecular flexibility index (Phi) is 5.82. The number of hydrogen-bond acceptors (Lipinski definition) is 5. The molecule has 0 radical (unpaired) electrons. The largest absolute Gasteiger partial charge is 0.353 e. The van der Waals surface area contributed by atoms with Gasteiger partial charge in [0.05, 0.1) is 17.1 Å². The summed E-state index contributed by atoms with van der Waals surface area (Å²) >= 11 is 6.52. The first-order valence-corrected chi connectivity index (χ1v) is 10.4. The summed E-state index contributed by atoms with van der Waals surface area (Å²) in [5, 5.41) is 0.556. The number of nitrogens with zero attached hydrogens (tertiary/aromatic N) is 6. The van der Waals surface area contributed by atoms with Crippen LogP contribution in [0.5, 0.6) is 0 Å². The summed E-state index contributed by atoms with van der Waals surface area (Å²) in [5.74, 6) is 1.89. The van der Waals surface area contributed by atoms with Crippen LogP contribution in [0.4, 0.5) is 5.82 Å². The van der Waals surface area contributed by atoms with Crippen molar-refractivity contribution < 1.29 is 4.79 Å². The maximum atomic E-state index is 12.7. The van der Waals surface area contributed by atoms with Crippen molar-refractivity contribution in [3.05, 3.63) is 41.1 Å². The van der Waals surface area contributed by atoms with Gasteiger partial charge < -0.3 is 14.4 Å². The molecule has 0 aliphatic carbocycles. The number of aromatic nitrogens is 3. The van der Waals surface area contributed by atoms with Gasteiger partial charge in [-0.05, 0) is 25.3 Å². The Labute approximate surface area is 170 Å². The molecule has 0 saturated carbocycles. The van der Waals surface area contributed by atoms with E-state index in [0.717, 1.165) is 70.3 Å². The molecule has 2 aromatic heterocycles. The van der Waals surface area contributed by atoms with Crippen molar-refractivity contribution in [2.24, 2.45) is 7.05 Å². The molecule has 28 heavy (non-hydrogen) atoms. The Hall–Kier alpha value is -2.12. The molecule has 2 fully saturated rings. The number of piperidine rings is 1. The van der Waals surface area contributed by atoms with Crippen molar-refractivity contribution in [1.82, 2.24) is 24.3 Å². The van der Waals surface area contributed by atoms with Crippen molar-refractivity contribution in [2.75, 3.05) is 44.2 Å². The van der Waals surface area contributed by atoms with Gasteiger partial charge >= 0.3 is 0 Å². The number of halogens is 1. The maximum absolute atomic E-state index is 12.7. The summed E-state index contributed by atoms with van der Waals surface area (Å²) in [5.41, 5.74) is 0.587. The van der Waals surface area contributed by atoms with Crippen molar-refractivity contribution in [3.63, 3.8) is 0 Å². The van der Waals surface area contributed by atoms with Gasteiger partial charge in [0.25, 0.3) is 5.91 Å². The van der Waals surface area contributed by atoms with Gasteiger partial charge in [0.15, 0.2) is 0 Å². The summed E-state index contributed by atoms with van der Waals surface area (Å²) < 4.78 is 2.06. The molecule has 0 N–H and O–H groups in total. The van der Waals surface area contributed by atoms with E-state index in [2.05, 4.69) is 24.3 Å². The molecule has 0 atom stereocenters.